The molecule has 0 bridgehead atoms. The SMILES string of the molecule is CC1(C)Cc2c(N3CCCC3)nc3sc4c(N(CCN5CCOCC5)Cc5cccnc5)ncnc4c3c2C1. The van der Waals surface area contributed by atoms with Crippen molar-refractivity contribution >= 4 is 43.4 Å². The van der Waals surface area contributed by atoms with E-state index in [-0.39, 0.29) is 5.41 Å². The van der Waals surface area contributed by atoms with E-state index in [1.54, 1.807) is 17.7 Å². The van der Waals surface area contributed by atoms with Crippen molar-refractivity contribution in [2.24, 2.45) is 5.41 Å². The van der Waals surface area contributed by atoms with Gasteiger partial charge in [0, 0.05) is 63.6 Å². The first-order chi connectivity index (χ1) is 19.1. The van der Waals surface area contributed by atoms with Gasteiger partial charge in [0.05, 0.1) is 23.4 Å². The molecule has 6 heterocycles. The molecule has 2 fully saturated rings. The van der Waals surface area contributed by atoms with E-state index in [0.717, 1.165) is 92.7 Å². The lowest BCUT2D eigenvalue weighted by Crippen LogP contribution is -2.41. The van der Waals surface area contributed by atoms with Crippen molar-refractivity contribution in [3.63, 3.8) is 0 Å². The van der Waals surface area contributed by atoms with Gasteiger partial charge in [0.1, 0.15) is 22.8 Å². The summed E-state index contributed by atoms with van der Waals surface area (Å²) < 4.78 is 6.73. The van der Waals surface area contributed by atoms with Crippen molar-refractivity contribution in [2.45, 2.75) is 46.1 Å². The van der Waals surface area contributed by atoms with Crippen LogP contribution in [0.2, 0.25) is 0 Å². The molecule has 204 valence electrons. The number of morpholine rings is 1. The van der Waals surface area contributed by atoms with E-state index in [4.69, 9.17) is 19.7 Å². The third-order valence-corrected chi connectivity index (χ3v) is 9.55. The van der Waals surface area contributed by atoms with Gasteiger partial charge in [0.25, 0.3) is 0 Å². The van der Waals surface area contributed by atoms with Crippen LogP contribution in [-0.2, 0) is 24.1 Å². The lowest BCUT2D eigenvalue weighted by atomic mass is 9.90. The Balaban J connectivity index is 1.33. The van der Waals surface area contributed by atoms with Crippen LogP contribution in [0, 0.1) is 5.41 Å². The van der Waals surface area contributed by atoms with Crippen LogP contribution < -0.4 is 9.80 Å². The second-order valence-electron chi connectivity index (χ2n) is 12.0. The monoisotopic (exact) mass is 543 g/mol. The summed E-state index contributed by atoms with van der Waals surface area (Å²) in [5.41, 5.74) is 5.41. The molecule has 0 saturated carbocycles. The number of thiophene rings is 1. The van der Waals surface area contributed by atoms with Gasteiger partial charge in [-0.05, 0) is 53.9 Å². The number of fused-ring (bicyclic) bond motifs is 5. The molecule has 4 aromatic rings. The summed E-state index contributed by atoms with van der Waals surface area (Å²) in [6.07, 6.45) is 10.2. The number of ether oxygens (including phenoxy) is 1. The fraction of sp³-hybridized carbons (Fsp3) is 0.533. The van der Waals surface area contributed by atoms with Crippen LogP contribution in [0.3, 0.4) is 0 Å². The van der Waals surface area contributed by atoms with E-state index in [1.807, 2.05) is 18.5 Å². The van der Waals surface area contributed by atoms with Gasteiger partial charge < -0.3 is 14.5 Å². The Morgan fingerprint density at radius 2 is 1.87 bits per heavy atom. The van der Waals surface area contributed by atoms with Crippen molar-refractivity contribution in [3.8, 4) is 0 Å². The first kappa shape index (κ1) is 25.1. The highest BCUT2D eigenvalue weighted by Gasteiger charge is 2.36. The zero-order chi connectivity index (χ0) is 26.4. The maximum absolute atomic E-state index is 5.58. The summed E-state index contributed by atoms with van der Waals surface area (Å²) in [6.45, 7) is 13.2. The second-order valence-corrected chi connectivity index (χ2v) is 13.0. The van der Waals surface area contributed by atoms with Gasteiger partial charge in [-0.25, -0.2) is 15.0 Å². The van der Waals surface area contributed by atoms with Crippen LogP contribution >= 0.6 is 11.3 Å². The maximum atomic E-state index is 5.58. The molecular formula is C30H37N7OS. The van der Waals surface area contributed by atoms with E-state index >= 15 is 0 Å². The predicted molar refractivity (Wildman–Crippen MR) is 158 cm³/mol. The molecule has 2 aliphatic heterocycles. The Labute approximate surface area is 234 Å². The Bertz CT molecular complexity index is 1480. The van der Waals surface area contributed by atoms with Crippen molar-refractivity contribution in [3.05, 3.63) is 47.5 Å². The molecule has 3 aliphatic rings. The molecule has 2 saturated heterocycles. The summed E-state index contributed by atoms with van der Waals surface area (Å²) >= 11 is 1.77. The van der Waals surface area contributed by atoms with Gasteiger partial charge in [0.15, 0.2) is 0 Å². The van der Waals surface area contributed by atoms with Crippen LogP contribution in [0.4, 0.5) is 11.6 Å². The molecule has 7 rings (SSSR count). The highest BCUT2D eigenvalue weighted by molar-refractivity contribution is 7.26. The Morgan fingerprint density at radius 1 is 1.05 bits per heavy atom. The highest BCUT2D eigenvalue weighted by atomic mass is 32.1. The van der Waals surface area contributed by atoms with E-state index in [9.17, 15) is 0 Å². The normalized spacial score (nSPS) is 19.3. The summed E-state index contributed by atoms with van der Waals surface area (Å²) in [5.74, 6) is 2.23. The number of nitrogens with zero attached hydrogens (tertiary/aromatic N) is 7. The van der Waals surface area contributed by atoms with E-state index in [2.05, 4.69) is 39.6 Å². The maximum Gasteiger partial charge on any atom is 0.150 e. The number of pyridine rings is 2. The lowest BCUT2D eigenvalue weighted by Gasteiger charge is -2.30. The Hall–Kier alpha value is -2.88. The third-order valence-electron chi connectivity index (χ3n) is 8.48. The van der Waals surface area contributed by atoms with Crippen molar-refractivity contribution < 1.29 is 4.74 Å². The van der Waals surface area contributed by atoms with Crippen LogP contribution in [0.25, 0.3) is 20.4 Å². The number of anilines is 2. The van der Waals surface area contributed by atoms with Gasteiger partial charge in [-0.2, -0.15) is 0 Å². The van der Waals surface area contributed by atoms with E-state index < -0.39 is 0 Å². The van der Waals surface area contributed by atoms with Crippen molar-refractivity contribution in [2.75, 3.05) is 62.3 Å². The fourth-order valence-corrected chi connectivity index (χ4v) is 7.73. The predicted octanol–water partition coefficient (Wildman–Crippen LogP) is 4.70. The zero-order valence-corrected chi connectivity index (χ0v) is 23.8. The first-order valence-corrected chi connectivity index (χ1v) is 15.2. The Morgan fingerprint density at radius 3 is 2.67 bits per heavy atom. The smallest absolute Gasteiger partial charge is 0.150 e. The minimum atomic E-state index is 0.237. The molecule has 4 aromatic heterocycles. The quantitative estimate of drug-likeness (QED) is 0.332. The van der Waals surface area contributed by atoms with Gasteiger partial charge >= 0.3 is 0 Å². The molecule has 39 heavy (non-hydrogen) atoms. The number of hydrogen-bond donors (Lipinski definition) is 0. The average Bonchev–Trinajstić information content (AvgIpc) is 3.68. The zero-order valence-electron chi connectivity index (χ0n) is 23.0. The van der Waals surface area contributed by atoms with Crippen LogP contribution in [0.1, 0.15) is 43.4 Å². The minimum absolute atomic E-state index is 0.237. The minimum Gasteiger partial charge on any atom is -0.379 e. The largest absolute Gasteiger partial charge is 0.379 e. The molecule has 0 N–H and O–H groups in total. The Kier molecular flexibility index (Phi) is 6.61. The van der Waals surface area contributed by atoms with Gasteiger partial charge in [0.2, 0.25) is 0 Å². The molecule has 0 aromatic carbocycles. The molecule has 9 heteroatoms. The molecule has 0 spiro atoms. The van der Waals surface area contributed by atoms with Crippen LogP contribution in [0.15, 0.2) is 30.9 Å². The van der Waals surface area contributed by atoms with Crippen LogP contribution in [-0.4, -0.2) is 77.3 Å². The molecular weight excluding hydrogens is 506 g/mol. The number of hydrogen-bond acceptors (Lipinski definition) is 9. The third kappa shape index (κ3) is 4.85. The molecule has 0 radical (unpaired) electrons. The molecule has 8 nitrogen and oxygen atoms in total. The van der Waals surface area contributed by atoms with E-state index in [0.29, 0.717) is 0 Å². The average molecular weight is 544 g/mol. The fourth-order valence-electron chi connectivity index (χ4n) is 6.56. The molecule has 0 atom stereocenters. The second kappa shape index (κ2) is 10.3. The van der Waals surface area contributed by atoms with Gasteiger partial charge in [-0.15, -0.1) is 11.3 Å². The van der Waals surface area contributed by atoms with Crippen molar-refractivity contribution in [1.82, 2.24) is 24.8 Å². The summed E-state index contributed by atoms with van der Waals surface area (Å²) in [6, 6.07) is 4.16. The van der Waals surface area contributed by atoms with Gasteiger partial charge in [-0.1, -0.05) is 19.9 Å². The van der Waals surface area contributed by atoms with Gasteiger partial charge in [-0.3, -0.25) is 9.88 Å². The number of rotatable bonds is 7. The summed E-state index contributed by atoms with van der Waals surface area (Å²) in [5, 5.41) is 1.26. The van der Waals surface area contributed by atoms with Crippen molar-refractivity contribution in [1.29, 1.82) is 0 Å². The van der Waals surface area contributed by atoms with E-state index in [1.165, 1.54) is 40.7 Å². The topological polar surface area (TPSA) is 70.5 Å². The lowest BCUT2D eigenvalue weighted by molar-refractivity contribution is 0.0391. The first-order valence-electron chi connectivity index (χ1n) is 14.3. The standard InChI is InChI=1S/C30H37N7OS/c1-30(2)16-22-23(17-30)27(36-8-3-4-9-36)34-29-24(22)25-26(39-29)28(33-20-32-25)37(19-21-6-5-7-31-18-21)11-10-35-12-14-38-15-13-35/h5-7,18,20H,3-4,8-17,19H2,1-2H3. The summed E-state index contributed by atoms with van der Waals surface area (Å²) in [7, 11) is 0. The molecule has 0 unspecified atom stereocenters. The molecule has 0 amide bonds. The number of aromatic nitrogens is 4. The highest BCUT2D eigenvalue weighted by Crippen LogP contribution is 2.48. The van der Waals surface area contributed by atoms with Crippen LogP contribution in [0.5, 0.6) is 0 Å². The summed E-state index contributed by atoms with van der Waals surface area (Å²) in [4.78, 5) is 28.1. The molecule has 1 aliphatic carbocycles.